The highest BCUT2D eigenvalue weighted by Gasteiger charge is 2.61. The van der Waals surface area contributed by atoms with Gasteiger partial charge in [-0.1, -0.05) is 6.07 Å². The third-order valence-electron chi connectivity index (χ3n) is 5.42. The molecule has 1 N–H and O–H groups in total. The van der Waals surface area contributed by atoms with Crippen molar-refractivity contribution in [1.29, 1.82) is 0 Å². The molecule has 118 valence electrons. The molecular formula is C17H22N2O2S. The molecule has 0 aromatic carbocycles. The number of hydrogen-bond acceptors (Lipinski definition) is 3. The highest BCUT2D eigenvalue weighted by molar-refractivity contribution is 7.09. The lowest BCUT2D eigenvalue weighted by Crippen LogP contribution is -2.31. The highest BCUT2D eigenvalue weighted by atomic mass is 32.1. The van der Waals surface area contributed by atoms with Crippen molar-refractivity contribution >= 4 is 23.2 Å². The number of carbonyl (C=O) groups is 2. The summed E-state index contributed by atoms with van der Waals surface area (Å²) in [5.41, 5.74) is 0.0960. The van der Waals surface area contributed by atoms with E-state index >= 15 is 0 Å². The average Bonchev–Trinajstić information content (AvgIpc) is 3.31. The molecular weight excluding hydrogens is 296 g/mol. The zero-order valence-electron chi connectivity index (χ0n) is 12.7. The van der Waals surface area contributed by atoms with Crippen LogP contribution in [0.3, 0.4) is 0 Å². The van der Waals surface area contributed by atoms with Gasteiger partial charge in [-0.15, -0.1) is 11.3 Å². The Hall–Kier alpha value is -1.36. The van der Waals surface area contributed by atoms with E-state index in [9.17, 15) is 9.59 Å². The zero-order valence-corrected chi connectivity index (χ0v) is 13.5. The van der Waals surface area contributed by atoms with E-state index in [0.717, 1.165) is 32.4 Å². The molecule has 1 aromatic heterocycles. The first-order chi connectivity index (χ1) is 10.7. The van der Waals surface area contributed by atoms with E-state index in [1.807, 2.05) is 22.4 Å². The van der Waals surface area contributed by atoms with Crippen molar-refractivity contribution in [2.45, 2.75) is 38.6 Å². The smallest absolute Gasteiger partial charge is 0.224 e. The summed E-state index contributed by atoms with van der Waals surface area (Å²) in [6.45, 7) is 2.28. The number of thiophene rings is 1. The van der Waals surface area contributed by atoms with Crippen molar-refractivity contribution < 1.29 is 9.59 Å². The summed E-state index contributed by atoms with van der Waals surface area (Å²) in [6.07, 6.45) is 5.12. The zero-order chi connectivity index (χ0) is 15.2. The Morgan fingerprint density at radius 2 is 2.27 bits per heavy atom. The lowest BCUT2D eigenvalue weighted by Gasteiger charge is -2.16. The van der Waals surface area contributed by atoms with E-state index < -0.39 is 0 Å². The van der Waals surface area contributed by atoms with Gasteiger partial charge in [-0.2, -0.15) is 0 Å². The fourth-order valence-corrected chi connectivity index (χ4v) is 4.33. The molecule has 5 heteroatoms. The summed E-state index contributed by atoms with van der Waals surface area (Å²) < 4.78 is 0. The lowest BCUT2D eigenvalue weighted by atomic mass is 10.0. The van der Waals surface area contributed by atoms with Gasteiger partial charge in [-0.05, 0) is 43.0 Å². The van der Waals surface area contributed by atoms with Crippen molar-refractivity contribution in [3.05, 3.63) is 22.4 Å². The average molecular weight is 318 g/mol. The molecule has 0 bridgehead atoms. The second-order valence-corrected chi connectivity index (χ2v) is 8.16. The maximum absolute atomic E-state index is 12.3. The highest BCUT2D eigenvalue weighted by Crippen LogP contribution is 2.58. The fourth-order valence-electron chi connectivity index (χ4n) is 3.69. The summed E-state index contributed by atoms with van der Waals surface area (Å²) in [5, 5.41) is 5.08. The molecule has 4 rings (SSSR count). The molecule has 3 fully saturated rings. The van der Waals surface area contributed by atoms with Crippen molar-refractivity contribution in [3.8, 4) is 0 Å². The first-order valence-electron chi connectivity index (χ1n) is 8.24. The molecule has 1 spiro atoms. The monoisotopic (exact) mass is 318 g/mol. The van der Waals surface area contributed by atoms with Crippen LogP contribution in [-0.2, 0) is 16.1 Å². The number of likely N-dealkylation sites (tertiary alicyclic amines) is 1. The van der Waals surface area contributed by atoms with E-state index in [1.54, 1.807) is 11.3 Å². The van der Waals surface area contributed by atoms with Crippen LogP contribution in [-0.4, -0.2) is 29.8 Å². The molecule has 2 unspecified atom stereocenters. The number of nitrogens with one attached hydrogen (secondary N) is 1. The second kappa shape index (κ2) is 5.37. The molecule has 2 aliphatic carbocycles. The molecule has 1 aliphatic heterocycles. The van der Waals surface area contributed by atoms with Crippen molar-refractivity contribution in [2.75, 3.05) is 13.1 Å². The number of carbonyl (C=O) groups excluding carboxylic acids is 2. The van der Waals surface area contributed by atoms with Crippen LogP contribution in [0, 0.1) is 17.3 Å². The Kier molecular flexibility index (Phi) is 3.48. The van der Waals surface area contributed by atoms with Gasteiger partial charge >= 0.3 is 0 Å². The summed E-state index contributed by atoms with van der Waals surface area (Å²) >= 11 is 1.67. The maximum Gasteiger partial charge on any atom is 0.224 e. The van der Waals surface area contributed by atoms with Crippen LogP contribution in [0.5, 0.6) is 0 Å². The summed E-state index contributed by atoms with van der Waals surface area (Å²) in [5.74, 6) is 1.24. The van der Waals surface area contributed by atoms with Crippen LogP contribution >= 0.6 is 11.3 Å². The van der Waals surface area contributed by atoms with Crippen molar-refractivity contribution in [3.63, 3.8) is 0 Å². The lowest BCUT2D eigenvalue weighted by molar-refractivity contribution is -0.131. The fraction of sp³-hybridized carbons (Fsp3) is 0.647. The van der Waals surface area contributed by atoms with Gasteiger partial charge in [0.1, 0.15) is 0 Å². The predicted octanol–water partition coefficient (Wildman–Crippen LogP) is 2.40. The Bertz CT molecular complexity index is 581. The predicted molar refractivity (Wildman–Crippen MR) is 85.2 cm³/mol. The van der Waals surface area contributed by atoms with Crippen molar-refractivity contribution in [1.82, 2.24) is 10.2 Å². The largest absolute Gasteiger partial charge is 0.351 e. The minimum Gasteiger partial charge on any atom is -0.351 e. The Labute approximate surface area is 134 Å². The molecule has 22 heavy (non-hydrogen) atoms. The first-order valence-corrected chi connectivity index (χ1v) is 9.12. The number of rotatable bonds is 5. The molecule has 4 nitrogen and oxygen atoms in total. The minimum atomic E-state index is 0.0960. The molecule has 2 amide bonds. The Morgan fingerprint density at radius 1 is 1.41 bits per heavy atom. The number of nitrogens with zero attached hydrogens (tertiary/aromatic N) is 1. The van der Waals surface area contributed by atoms with Gasteiger partial charge < -0.3 is 10.2 Å². The van der Waals surface area contributed by atoms with Gasteiger partial charge in [0.15, 0.2) is 0 Å². The maximum atomic E-state index is 12.3. The number of amides is 2. The SMILES string of the molecule is O=C(NCc1cccs1)C1CC12CCN(C(=O)CC1CC1)C2. The van der Waals surface area contributed by atoms with E-state index in [1.165, 1.54) is 17.7 Å². The standard InChI is InChI=1S/C17H22N2O2S/c20-15(8-12-3-4-12)19-6-5-17(11-19)9-14(17)16(21)18-10-13-2-1-7-22-13/h1-2,7,12,14H,3-6,8-11H2,(H,18,21). The van der Waals surface area contributed by atoms with Gasteiger partial charge in [-0.3, -0.25) is 9.59 Å². The molecule has 2 heterocycles. The summed E-state index contributed by atoms with van der Waals surface area (Å²) in [6, 6.07) is 4.05. The normalized spacial score (nSPS) is 29.8. The topological polar surface area (TPSA) is 49.4 Å². The van der Waals surface area contributed by atoms with Crippen LogP contribution in [0.2, 0.25) is 0 Å². The molecule has 2 saturated carbocycles. The quantitative estimate of drug-likeness (QED) is 0.906. The van der Waals surface area contributed by atoms with Gasteiger partial charge in [-0.25, -0.2) is 0 Å². The van der Waals surface area contributed by atoms with Crippen LogP contribution in [0.15, 0.2) is 17.5 Å². The van der Waals surface area contributed by atoms with Gasteiger partial charge in [0, 0.05) is 35.7 Å². The Balaban J connectivity index is 1.27. The molecule has 0 radical (unpaired) electrons. The molecule has 3 aliphatic rings. The summed E-state index contributed by atoms with van der Waals surface area (Å²) in [4.78, 5) is 27.7. The third kappa shape index (κ3) is 2.78. The van der Waals surface area contributed by atoms with E-state index in [0.29, 0.717) is 18.4 Å². The summed E-state index contributed by atoms with van der Waals surface area (Å²) in [7, 11) is 0. The second-order valence-electron chi connectivity index (χ2n) is 7.13. The third-order valence-corrected chi connectivity index (χ3v) is 6.30. The minimum absolute atomic E-state index is 0.0960. The van der Waals surface area contributed by atoms with E-state index in [4.69, 9.17) is 0 Å². The van der Waals surface area contributed by atoms with Gasteiger partial charge in [0.2, 0.25) is 11.8 Å². The molecule has 2 atom stereocenters. The molecule has 1 saturated heterocycles. The van der Waals surface area contributed by atoms with Crippen molar-refractivity contribution in [2.24, 2.45) is 17.3 Å². The Morgan fingerprint density at radius 3 is 3.00 bits per heavy atom. The van der Waals surface area contributed by atoms with Crippen LogP contribution in [0.4, 0.5) is 0 Å². The number of hydrogen-bond donors (Lipinski definition) is 1. The van der Waals surface area contributed by atoms with Gasteiger partial charge in [0.05, 0.1) is 6.54 Å². The van der Waals surface area contributed by atoms with Gasteiger partial charge in [0.25, 0.3) is 0 Å². The van der Waals surface area contributed by atoms with E-state index in [2.05, 4.69) is 5.32 Å². The van der Waals surface area contributed by atoms with Crippen LogP contribution in [0.25, 0.3) is 0 Å². The van der Waals surface area contributed by atoms with Crippen LogP contribution < -0.4 is 5.32 Å². The first kappa shape index (κ1) is 14.2. The van der Waals surface area contributed by atoms with Crippen LogP contribution in [0.1, 0.15) is 37.0 Å². The molecule has 1 aromatic rings. The van der Waals surface area contributed by atoms with E-state index in [-0.39, 0.29) is 17.2 Å².